The Balaban J connectivity index is 1.53. The van der Waals surface area contributed by atoms with Gasteiger partial charge in [0.2, 0.25) is 0 Å². The zero-order valence-electron chi connectivity index (χ0n) is 16.2. The molecule has 1 saturated carbocycles. The van der Waals surface area contributed by atoms with E-state index >= 15 is 0 Å². The fourth-order valence-corrected chi connectivity index (χ4v) is 3.78. The molecule has 1 amide bonds. The standard InChI is InChI=1S/C19H32N4O3/c1-15-10-17(15)20-13-19(14-26-3)4-6-22(7-5-19)18(24)16-11-21-23(12-16)8-9-25-2/h11-12,15,17,20H,4-10,13-14H2,1-3H3/t15-,17-/m1/s1. The first kappa shape index (κ1) is 19.3. The highest BCUT2D eigenvalue weighted by Crippen LogP contribution is 2.35. The summed E-state index contributed by atoms with van der Waals surface area (Å²) < 4.78 is 12.3. The van der Waals surface area contributed by atoms with Gasteiger partial charge >= 0.3 is 0 Å². The molecule has 1 aliphatic carbocycles. The van der Waals surface area contributed by atoms with Crippen molar-refractivity contribution >= 4 is 5.91 Å². The van der Waals surface area contributed by atoms with Gasteiger partial charge in [0, 0.05) is 51.5 Å². The molecule has 1 saturated heterocycles. The van der Waals surface area contributed by atoms with Crippen LogP contribution in [0.15, 0.2) is 12.4 Å². The molecule has 0 spiro atoms. The van der Waals surface area contributed by atoms with Crippen LogP contribution in [-0.4, -0.2) is 73.7 Å². The lowest BCUT2D eigenvalue weighted by atomic mass is 9.78. The van der Waals surface area contributed by atoms with Gasteiger partial charge in [0.1, 0.15) is 0 Å². The molecule has 2 fully saturated rings. The first-order valence-corrected chi connectivity index (χ1v) is 9.60. The van der Waals surface area contributed by atoms with Gasteiger partial charge in [-0.15, -0.1) is 0 Å². The van der Waals surface area contributed by atoms with E-state index in [4.69, 9.17) is 9.47 Å². The van der Waals surface area contributed by atoms with E-state index in [0.29, 0.717) is 24.8 Å². The number of rotatable bonds is 9. The van der Waals surface area contributed by atoms with Crippen molar-refractivity contribution in [3.63, 3.8) is 0 Å². The van der Waals surface area contributed by atoms with E-state index in [-0.39, 0.29) is 11.3 Å². The van der Waals surface area contributed by atoms with Crippen LogP contribution >= 0.6 is 0 Å². The molecule has 0 aromatic carbocycles. The molecule has 0 bridgehead atoms. The minimum atomic E-state index is 0.0726. The molecule has 1 N–H and O–H groups in total. The molecule has 2 atom stereocenters. The number of nitrogens with zero attached hydrogens (tertiary/aromatic N) is 3. The van der Waals surface area contributed by atoms with Crippen LogP contribution in [0.3, 0.4) is 0 Å². The number of carbonyl (C=O) groups excluding carboxylic acids is 1. The summed E-state index contributed by atoms with van der Waals surface area (Å²) in [7, 11) is 3.43. The molecular weight excluding hydrogens is 332 g/mol. The Labute approximate surface area is 156 Å². The first-order valence-electron chi connectivity index (χ1n) is 9.60. The van der Waals surface area contributed by atoms with Crippen molar-refractivity contribution in [1.82, 2.24) is 20.0 Å². The molecule has 26 heavy (non-hydrogen) atoms. The van der Waals surface area contributed by atoms with Crippen molar-refractivity contribution in [2.24, 2.45) is 11.3 Å². The maximum Gasteiger partial charge on any atom is 0.257 e. The van der Waals surface area contributed by atoms with E-state index < -0.39 is 0 Å². The summed E-state index contributed by atoms with van der Waals surface area (Å²) in [4.78, 5) is 14.7. The van der Waals surface area contributed by atoms with Gasteiger partial charge in [0.25, 0.3) is 5.91 Å². The minimum absolute atomic E-state index is 0.0726. The van der Waals surface area contributed by atoms with Gasteiger partial charge < -0.3 is 19.7 Å². The number of piperidine rings is 1. The highest BCUT2D eigenvalue weighted by atomic mass is 16.5. The molecule has 2 heterocycles. The van der Waals surface area contributed by atoms with Crippen LogP contribution in [0.5, 0.6) is 0 Å². The molecular formula is C19H32N4O3. The predicted octanol–water partition coefficient (Wildman–Crippen LogP) is 1.40. The highest BCUT2D eigenvalue weighted by molar-refractivity contribution is 5.93. The maximum atomic E-state index is 12.8. The number of amides is 1. The molecule has 2 aliphatic rings. The van der Waals surface area contributed by atoms with Gasteiger partial charge in [-0.05, 0) is 25.2 Å². The molecule has 3 rings (SSSR count). The van der Waals surface area contributed by atoms with Crippen LogP contribution in [-0.2, 0) is 16.0 Å². The summed E-state index contributed by atoms with van der Waals surface area (Å²) in [5, 5.41) is 7.94. The Bertz CT molecular complexity index is 595. The Hall–Kier alpha value is -1.44. The van der Waals surface area contributed by atoms with E-state index in [0.717, 1.165) is 45.0 Å². The lowest BCUT2D eigenvalue weighted by molar-refractivity contribution is 0.0201. The number of aromatic nitrogens is 2. The fraction of sp³-hybridized carbons (Fsp3) is 0.789. The second-order valence-corrected chi connectivity index (χ2v) is 7.91. The quantitative estimate of drug-likeness (QED) is 0.717. The van der Waals surface area contributed by atoms with Crippen molar-refractivity contribution in [3.8, 4) is 0 Å². The van der Waals surface area contributed by atoms with Crippen LogP contribution in [0, 0.1) is 11.3 Å². The number of nitrogens with one attached hydrogen (secondary N) is 1. The monoisotopic (exact) mass is 364 g/mol. The third kappa shape index (κ3) is 4.64. The third-order valence-corrected chi connectivity index (χ3v) is 5.82. The van der Waals surface area contributed by atoms with Crippen LogP contribution in [0.25, 0.3) is 0 Å². The summed E-state index contributed by atoms with van der Waals surface area (Å²) in [5.74, 6) is 0.870. The van der Waals surface area contributed by atoms with Crippen molar-refractivity contribution in [1.29, 1.82) is 0 Å². The topological polar surface area (TPSA) is 68.6 Å². The number of carbonyl (C=O) groups is 1. The highest BCUT2D eigenvalue weighted by Gasteiger charge is 2.39. The van der Waals surface area contributed by atoms with E-state index in [2.05, 4.69) is 17.3 Å². The number of methoxy groups -OCH3 is 2. The van der Waals surface area contributed by atoms with Gasteiger partial charge in [-0.25, -0.2) is 0 Å². The molecule has 1 aromatic heterocycles. The van der Waals surface area contributed by atoms with E-state index in [1.807, 2.05) is 11.1 Å². The van der Waals surface area contributed by atoms with E-state index in [9.17, 15) is 4.79 Å². The summed E-state index contributed by atoms with van der Waals surface area (Å²) in [5.41, 5.74) is 0.793. The van der Waals surface area contributed by atoms with Crippen LogP contribution in [0.1, 0.15) is 36.5 Å². The molecule has 1 aromatic rings. The van der Waals surface area contributed by atoms with Crippen molar-refractivity contribution in [2.45, 2.75) is 38.8 Å². The number of likely N-dealkylation sites (tertiary alicyclic amines) is 1. The predicted molar refractivity (Wildman–Crippen MR) is 99.1 cm³/mol. The van der Waals surface area contributed by atoms with Gasteiger partial charge in [-0.2, -0.15) is 5.10 Å². The Kier molecular flexibility index (Phi) is 6.32. The van der Waals surface area contributed by atoms with E-state index in [1.165, 1.54) is 6.42 Å². The third-order valence-electron chi connectivity index (χ3n) is 5.82. The van der Waals surface area contributed by atoms with Crippen molar-refractivity contribution < 1.29 is 14.3 Å². The fourth-order valence-electron chi connectivity index (χ4n) is 3.78. The Morgan fingerprint density at radius 2 is 2.08 bits per heavy atom. The molecule has 1 aliphatic heterocycles. The van der Waals surface area contributed by atoms with Crippen molar-refractivity contribution in [2.75, 3.05) is 47.1 Å². The zero-order valence-corrected chi connectivity index (χ0v) is 16.2. The van der Waals surface area contributed by atoms with Crippen LogP contribution < -0.4 is 5.32 Å². The average molecular weight is 364 g/mol. The number of hydrogen-bond acceptors (Lipinski definition) is 5. The Morgan fingerprint density at radius 3 is 2.69 bits per heavy atom. The lowest BCUT2D eigenvalue weighted by Crippen LogP contribution is -2.49. The number of ether oxygens (including phenoxy) is 2. The zero-order chi connectivity index (χ0) is 18.6. The minimum Gasteiger partial charge on any atom is -0.384 e. The molecule has 146 valence electrons. The molecule has 0 radical (unpaired) electrons. The SMILES string of the molecule is COCCn1cc(C(=O)N2CCC(CN[C@@H]3C[C@H]3C)(COC)CC2)cn1. The van der Waals surface area contributed by atoms with E-state index in [1.54, 1.807) is 25.1 Å². The van der Waals surface area contributed by atoms with Crippen molar-refractivity contribution in [3.05, 3.63) is 18.0 Å². The van der Waals surface area contributed by atoms with Gasteiger partial charge in [-0.3, -0.25) is 9.48 Å². The summed E-state index contributed by atoms with van der Waals surface area (Å²) in [6.45, 7) is 6.80. The summed E-state index contributed by atoms with van der Waals surface area (Å²) in [6.07, 6.45) is 6.69. The molecule has 7 nitrogen and oxygen atoms in total. The second kappa shape index (κ2) is 8.50. The van der Waals surface area contributed by atoms with Crippen LogP contribution in [0.2, 0.25) is 0 Å². The maximum absolute atomic E-state index is 12.8. The Morgan fingerprint density at radius 1 is 1.35 bits per heavy atom. The van der Waals surface area contributed by atoms with Crippen LogP contribution in [0.4, 0.5) is 0 Å². The van der Waals surface area contributed by atoms with Gasteiger partial charge in [0.15, 0.2) is 0 Å². The molecule has 0 unspecified atom stereocenters. The van der Waals surface area contributed by atoms with Gasteiger partial charge in [-0.1, -0.05) is 6.92 Å². The normalized spacial score (nSPS) is 24.7. The smallest absolute Gasteiger partial charge is 0.257 e. The summed E-state index contributed by atoms with van der Waals surface area (Å²) >= 11 is 0. The second-order valence-electron chi connectivity index (χ2n) is 7.91. The lowest BCUT2D eigenvalue weighted by Gasteiger charge is -2.41. The van der Waals surface area contributed by atoms with Gasteiger partial charge in [0.05, 0.1) is 31.5 Å². The molecule has 7 heteroatoms. The largest absolute Gasteiger partial charge is 0.384 e. The first-order chi connectivity index (χ1) is 12.6. The summed E-state index contributed by atoms with van der Waals surface area (Å²) in [6, 6.07) is 0.668. The number of hydrogen-bond donors (Lipinski definition) is 1. The average Bonchev–Trinajstić information content (AvgIpc) is 3.16.